The van der Waals surface area contributed by atoms with Crippen LogP contribution in [0.4, 0.5) is 11.5 Å². The number of anilines is 2. The van der Waals surface area contributed by atoms with E-state index in [-0.39, 0.29) is 28.4 Å². The van der Waals surface area contributed by atoms with E-state index in [1.165, 1.54) is 48.1 Å². The summed E-state index contributed by atoms with van der Waals surface area (Å²) in [4.78, 5) is 44.1. The third-order valence-corrected chi connectivity index (χ3v) is 8.46. The van der Waals surface area contributed by atoms with Crippen molar-refractivity contribution in [3.05, 3.63) is 119 Å². The van der Waals surface area contributed by atoms with Gasteiger partial charge in [0.1, 0.15) is 11.5 Å². The number of hydrogen-bond donors (Lipinski definition) is 2. The molecule has 0 aliphatic carbocycles. The quantitative estimate of drug-likeness (QED) is 0.217. The smallest absolute Gasteiger partial charge is 0.356 e. The van der Waals surface area contributed by atoms with Gasteiger partial charge in [0.05, 0.1) is 4.90 Å². The lowest BCUT2D eigenvalue weighted by Gasteiger charge is -2.20. The average molecular weight is 611 g/mol. The molecule has 3 aromatic carbocycles. The van der Waals surface area contributed by atoms with Gasteiger partial charge in [-0.3, -0.25) is 14.3 Å². The molecule has 0 bridgehead atoms. The van der Waals surface area contributed by atoms with Crippen LogP contribution in [0, 0.1) is 6.92 Å². The number of nitrogens with one attached hydrogen (secondary N) is 2. The Bertz CT molecular complexity index is 2010. The second-order valence-electron chi connectivity index (χ2n) is 10.1. The molecule has 1 unspecified atom stereocenters. The first-order valence-corrected chi connectivity index (χ1v) is 15.3. The Hall–Kier alpha value is -5.29. The van der Waals surface area contributed by atoms with Crippen LogP contribution >= 0.6 is 0 Å². The fourth-order valence-corrected chi connectivity index (χ4v) is 5.79. The molecule has 0 aliphatic rings. The molecule has 0 radical (unpaired) electrons. The normalized spacial score (nSPS) is 12.0. The van der Waals surface area contributed by atoms with Crippen molar-refractivity contribution in [3.8, 4) is 11.1 Å². The van der Waals surface area contributed by atoms with Crippen molar-refractivity contribution in [2.75, 3.05) is 10.0 Å². The number of aromatic nitrogens is 2. The Kier molecular flexibility index (Phi) is 8.59. The van der Waals surface area contributed by atoms with Gasteiger partial charge in [0, 0.05) is 29.9 Å². The van der Waals surface area contributed by atoms with E-state index in [0.717, 1.165) is 11.1 Å². The van der Waals surface area contributed by atoms with Gasteiger partial charge in [-0.2, -0.15) is 0 Å². The molecule has 0 saturated carbocycles. The van der Waals surface area contributed by atoms with E-state index in [4.69, 9.17) is 4.74 Å². The summed E-state index contributed by atoms with van der Waals surface area (Å²) in [6, 6.07) is 25.0. The number of sulfonamides is 1. The van der Waals surface area contributed by atoms with Crippen LogP contribution in [0.3, 0.4) is 0 Å². The van der Waals surface area contributed by atoms with Gasteiger partial charge in [0.15, 0.2) is 6.10 Å². The van der Waals surface area contributed by atoms with Crippen molar-refractivity contribution in [2.24, 2.45) is 7.05 Å². The summed E-state index contributed by atoms with van der Waals surface area (Å²) in [5.74, 6) is -1.26. The number of ether oxygens (including phenoxy) is 1. The van der Waals surface area contributed by atoms with Gasteiger partial charge in [-0.1, -0.05) is 61.0 Å². The number of pyridine rings is 2. The summed E-state index contributed by atoms with van der Waals surface area (Å²) in [6.45, 7) is 3.64. The second-order valence-corrected chi connectivity index (χ2v) is 11.8. The molecular weight excluding hydrogens is 580 g/mol. The zero-order valence-corrected chi connectivity index (χ0v) is 25.1. The third-order valence-electron chi connectivity index (χ3n) is 7.09. The van der Waals surface area contributed by atoms with Crippen molar-refractivity contribution in [1.82, 2.24) is 9.55 Å². The molecule has 44 heavy (non-hydrogen) atoms. The number of fused-ring (bicyclic) bond motifs is 1. The Balaban J connectivity index is 1.39. The highest BCUT2D eigenvalue weighted by atomic mass is 32.2. The maximum atomic E-state index is 13.7. The maximum absolute atomic E-state index is 13.7. The molecule has 0 fully saturated rings. The number of nitrogens with zero attached hydrogens (tertiary/aromatic N) is 2. The Morgan fingerprint density at radius 3 is 2.20 bits per heavy atom. The van der Waals surface area contributed by atoms with Crippen LogP contribution < -0.4 is 15.6 Å². The van der Waals surface area contributed by atoms with E-state index in [0.29, 0.717) is 22.0 Å². The lowest BCUT2D eigenvalue weighted by atomic mass is 9.96. The minimum absolute atomic E-state index is 0.0266. The summed E-state index contributed by atoms with van der Waals surface area (Å²) in [7, 11) is -2.40. The van der Waals surface area contributed by atoms with Crippen molar-refractivity contribution in [1.29, 1.82) is 0 Å². The summed E-state index contributed by atoms with van der Waals surface area (Å²) in [5, 5.41) is 3.72. The average Bonchev–Trinajstić information content (AvgIpc) is 3.02. The predicted octanol–water partition coefficient (Wildman–Crippen LogP) is 5.28. The van der Waals surface area contributed by atoms with Crippen LogP contribution in [0.25, 0.3) is 21.9 Å². The fraction of sp³-hybridized carbons (Fsp3) is 0.152. The standard InChI is InChI=1S/C33H30N4O6S/c1-4-27(31(38)35-23-16-18-24(19-17-23)44(41,42)36-28-11-7-8-20-34-28)43-33(40)30-29(22-14-12-21(2)13-15-22)25-9-5-6-10-26(25)32(39)37(30)3/h5-20,27H,4H2,1-3H3,(H,34,36)(H,35,38). The minimum Gasteiger partial charge on any atom is -0.448 e. The van der Waals surface area contributed by atoms with Gasteiger partial charge in [0.25, 0.3) is 21.5 Å². The lowest BCUT2D eigenvalue weighted by Crippen LogP contribution is -2.34. The number of rotatable bonds is 9. The molecule has 0 aliphatic heterocycles. The molecule has 1 atom stereocenters. The van der Waals surface area contributed by atoms with Crippen LogP contribution in [-0.2, 0) is 26.6 Å². The molecule has 1 amide bonds. The fourth-order valence-electron chi connectivity index (χ4n) is 4.78. The molecule has 2 heterocycles. The largest absolute Gasteiger partial charge is 0.448 e. The van der Waals surface area contributed by atoms with Gasteiger partial charge < -0.3 is 14.6 Å². The SMILES string of the molecule is CCC(OC(=O)c1c(-c2ccc(C)cc2)c2ccccc2c(=O)n1C)C(=O)Nc1ccc(S(=O)(=O)Nc2ccccn2)cc1. The summed E-state index contributed by atoms with van der Waals surface area (Å²) < 4.78 is 34.8. The predicted molar refractivity (Wildman–Crippen MR) is 169 cm³/mol. The van der Waals surface area contributed by atoms with Crippen molar-refractivity contribution in [3.63, 3.8) is 0 Å². The monoisotopic (exact) mass is 610 g/mol. The van der Waals surface area contributed by atoms with E-state index in [1.54, 1.807) is 43.3 Å². The van der Waals surface area contributed by atoms with E-state index in [9.17, 15) is 22.8 Å². The van der Waals surface area contributed by atoms with Gasteiger partial charge in [0.2, 0.25) is 0 Å². The van der Waals surface area contributed by atoms with Crippen LogP contribution in [0.5, 0.6) is 0 Å². The molecule has 10 nitrogen and oxygen atoms in total. The first kappa shape index (κ1) is 30.2. The molecule has 2 N–H and O–H groups in total. The van der Waals surface area contributed by atoms with E-state index >= 15 is 0 Å². The highest BCUT2D eigenvalue weighted by molar-refractivity contribution is 7.92. The number of hydrogen-bond acceptors (Lipinski definition) is 7. The second kappa shape index (κ2) is 12.5. The molecule has 2 aromatic heterocycles. The summed E-state index contributed by atoms with van der Waals surface area (Å²) in [5.41, 5.74) is 2.25. The number of carbonyl (C=O) groups is 2. The highest BCUT2D eigenvalue weighted by Gasteiger charge is 2.28. The van der Waals surface area contributed by atoms with Crippen LogP contribution in [0.1, 0.15) is 29.4 Å². The molecule has 224 valence electrons. The number of esters is 1. The van der Waals surface area contributed by atoms with E-state index in [1.807, 2.05) is 31.2 Å². The van der Waals surface area contributed by atoms with Crippen LogP contribution in [-0.4, -0.2) is 35.9 Å². The van der Waals surface area contributed by atoms with Crippen LogP contribution in [0.2, 0.25) is 0 Å². The van der Waals surface area contributed by atoms with Gasteiger partial charge in [-0.05, 0) is 66.8 Å². The minimum atomic E-state index is -3.90. The summed E-state index contributed by atoms with van der Waals surface area (Å²) in [6.07, 6.45) is 0.430. The van der Waals surface area contributed by atoms with E-state index in [2.05, 4.69) is 15.0 Å². The molecule has 11 heteroatoms. The van der Waals surface area contributed by atoms with Gasteiger partial charge in [-0.15, -0.1) is 0 Å². The number of aryl methyl sites for hydroxylation is 1. The first-order chi connectivity index (χ1) is 21.1. The number of amides is 1. The van der Waals surface area contributed by atoms with Crippen molar-refractivity contribution in [2.45, 2.75) is 31.3 Å². The highest BCUT2D eigenvalue weighted by Crippen LogP contribution is 2.31. The molecule has 5 aromatic rings. The molecule has 0 spiro atoms. The molecular formula is C33H30N4O6S. The zero-order chi connectivity index (χ0) is 31.4. The van der Waals surface area contributed by atoms with E-state index < -0.39 is 28.0 Å². The van der Waals surface area contributed by atoms with Crippen molar-refractivity contribution >= 4 is 44.2 Å². The number of benzene rings is 3. The zero-order valence-electron chi connectivity index (χ0n) is 24.3. The third kappa shape index (κ3) is 6.23. The van der Waals surface area contributed by atoms with Gasteiger partial charge >= 0.3 is 5.97 Å². The van der Waals surface area contributed by atoms with Crippen molar-refractivity contribution < 1.29 is 22.7 Å². The van der Waals surface area contributed by atoms with Gasteiger partial charge in [-0.25, -0.2) is 18.2 Å². The summed E-state index contributed by atoms with van der Waals surface area (Å²) >= 11 is 0. The Labute approximate surface area is 254 Å². The topological polar surface area (TPSA) is 136 Å². The maximum Gasteiger partial charge on any atom is 0.356 e. The lowest BCUT2D eigenvalue weighted by molar-refractivity contribution is -0.124. The van der Waals surface area contributed by atoms with Crippen LogP contribution in [0.15, 0.2) is 107 Å². The first-order valence-electron chi connectivity index (χ1n) is 13.8. The number of carbonyl (C=O) groups excluding carboxylic acids is 2. The Morgan fingerprint density at radius 2 is 1.57 bits per heavy atom. The Morgan fingerprint density at radius 1 is 0.909 bits per heavy atom. The molecule has 0 saturated heterocycles. The molecule has 5 rings (SSSR count).